The summed E-state index contributed by atoms with van der Waals surface area (Å²) in [5, 5.41) is 0. The van der Waals surface area contributed by atoms with Crippen LogP contribution in [0.4, 0.5) is 5.69 Å². The van der Waals surface area contributed by atoms with Gasteiger partial charge in [0.1, 0.15) is 23.3 Å². The third kappa shape index (κ3) is 5.36. The van der Waals surface area contributed by atoms with E-state index in [1.807, 2.05) is 18.2 Å². The minimum atomic E-state index is -0.801. The number of benzene rings is 2. The normalized spacial score (nSPS) is 14.9. The summed E-state index contributed by atoms with van der Waals surface area (Å²) in [7, 11) is 4.72. The van der Waals surface area contributed by atoms with Crippen molar-refractivity contribution in [1.82, 2.24) is 4.57 Å². The van der Waals surface area contributed by atoms with Crippen LogP contribution < -0.4 is 34.0 Å². The Kier molecular flexibility index (Phi) is 8.99. The number of allylic oxidation sites excluding steroid dienone is 1. The van der Waals surface area contributed by atoms with Crippen molar-refractivity contribution in [2.45, 2.75) is 33.7 Å². The van der Waals surface area contributed by atoms with Gasteiger partial charge in [0.2, 0.25) is 0 Å². The number of rotatable bonds is 10. The summed E-state index contributed by atoms with van der Waals surface area (Å²) in [5.41, 5.74) is 2.91. The monoisotopic (exact) mass is 565 g/mol. The lowest BCUT2D eigenvalue weighted by molar-refractivity contribution is -0.139. The maximum absolute atomic E-state index is 14.0. The van der Waals surface area contributed by atoms with E-state index in [0.717, 1.165) is 24.3 Å². The first-order chi connectivity index (χ1) is 19.3. The van der Waals surface area contributed by atoms with E-state index in [1.54, 1.807) is 52.3 Å². The zero-order valence-corrected chi connectivity index (χ0v) is 24.8. The fourth-order valence-corrected chi connectivity index (χ4v) is 5.91. The number of methoxy groups -OCH3 is 3. The van der Waals surface area contributed by atoms with Gasteiger partial charge in [-0.15, -0.1) is 0 Å². The molecule has 1 aliphatic rings. The van der Waals surface area contributed by atoms with Crippen LogP contribution in [0, 0.1) is 0 Å². The summed E-state index contributed by atoms with van der Waals surface area (Å²) in [6.45, 7) is 9.63. The molecule has 0 aliphatic carbocycles. The van der Waals surface area contributed by atoms with Gasteiger partial charge in [-0.1, -0.05) is 11.3 Å². The number of esters is 1. The topological polar surface area (TPSA) is 91.6 Å². The SMILES string of the molecule is CCOC(=O)C1=C(C)N=c2s/c(=C\c3ccc(N(CC)CC)cc3OC)c(=O)n2[C@H]1c1ccc(OC)cc1OC. The summed E-state index contributed by atoms with van der Waals surface area (Å²) < 4.78 is 24.1. The van der Waals surface area contributed by atoms with Gasteiger partial charge in [0.05, 0.1) is 43.7 Å². The van der Waals surface area contributed by atoms with Gasteiger partial charge < -0.3 is 23.8 Å². The summed E-state index contributed by atoms with van der Waals surface area (Å²) in [6, 6.07) is 10.4. The van der Waals surface area contributed by atoms with Gasteiger partial charge in [0, 0.05) is 42.0 Å². The number of carbonyl (C=O) groups excluding carboxylic acids is 1. The smallest absolute Gasteiger partial charge is 0.338 e. The molecule has 40 heavy (non-hydrogen) atoms. The Morgan fingerprint density at radius 3 is 2.38 bits per heavy atom. The van der Waals surface area contributed by atoms with Gasteiger partial charge in [-0.2, -0.15) is 0 Å². The summed E-state index contributed by atoms with van der Waals surface area (Å²) in [5.74, 6) is 1.19. The molecule has 0 saturated heterocycles. The van der Waals surface area contributed by atoms with Crippen molar-refractivity contribution in [2.24, 2.45) is 4.99 Å². The second kappa shape index (κ2) is 12.4. The van der Waals surface area contributed by atoms with Gasteiger partial charge in [-0.3, -0.25) is 9.36 Å². The minimum Gasteiger partial charge on any atom is -0.497 e. The Hall–Kier alpha value is -4.05. The van der Waals surface area contributed by atoms with Crippen molar-refractivity contribution >= 4 is 29.1 Å². The van der Waals surface area contributed by atoms with Crippen LogP contribution in [0.2, 0.25) is 0 Å². The maximum Gasteiger partial charge on any atom is 0.338 e. The van der Waals surface area contributed by atoms with Crippen molar-refractivity contribution in [1.29, 1.82) is 0 Å². The molecule has 212 valence electrons. The number of anilines is 1. The predicted molar refractivity (Wildman–Crippen MR) is 156 cm³/mol. The number of aromatic nitrogens is 1. The molecular formula is C30H35N3O6S. The number of nitrogens with zero attached hydrogens (tertiary/aromatic N) is 3. The Morgan fingerprint density at radius 1 is 1.02 bits per heavy atom. The quantitative estimate of drug-likeness (QED) is 0.347. The zero-order valence-electron chi connectivity index (χ0n) is 23.9. The van der Waals surface area contributed by atoms with Crippen LogP contribution in [0.15, 0.2) is 57.5 Å². The number of thiazole rings is 1. The van der Waals surface area contributed by atoms with E-state index in [2.05, 4.69) is 23.7 Å². The van der Waals surface area contributed by atoms with Crippen LogP contribution in [-0.4, -0.2) is 51.6 Å². The van der Waals surface area contributed by atoms with Gasteiger partial charge in [0.25, 0.3) is 5.56 Å². The Morgan fingerprint density at radius 2 is 1.75 bits per heavy atom. The Labute approximate surface area is 237 Å². The van der Waals surface area contributed by atoms with E-state index in [-0.39, 0.29) is 17.7 Å². The molecule has 10 heteroatoms. The highest BCUT2D eigenvalue weighted by atomic mass is 32.1. The number of hydrogen-bond donors (Lipinski definition) is 0. The molecule has 0 radical (unpaired) electrons. The molecule has 0 amide bonds. The molecule has 0 saturated carbocycles. The molecule has 0 unspecified atom stereocenters. The second-order valence-corrected chi connectivity index (χ2v) is 10.0. The number of fused-ring (bicyclic) bond motifs is 1. The largest absolute Gasteiger partial charge is 0.497 e. The summed E-state index contributed by atoms with van der Waals surface area (Å²) >= 11 is 1.26. The van der Waals surface area contributed by atoms with E-state index in [1.165, 1.54) is 23.0 Å². The molecule has 9 nitrogen and oxygen atoms in total. The van der Waals surface area contributed by atoms with Gasteiger partial charge in [-0.25, -0.2) is 9.79 Å². The molecule has 1 aromatic heterocycles. The zero-order chi connectivity index (χ0) is 29.0. The predicted octanol–water partition coefficient (Wildman–Crippen LogP) is 3.67. The number of hydrogen-bond acceptors (Lipinski definition) is 9. The lowest BCUT2D eigenvalue weighted by Crippen LogP contribution is -2.40. The molecule has 2 aromatic carbocycles. The molecule has 0 N–H and O–H groups in total. The van der Waals surface area contributed by atoms with Crippen molar-refractivity contribution in [2.75, 3.05) is 45.9 Å². The third-order valence-corrected chi connectivity index (χ3v) is 7.87. The summed E-state index contributed by atoms with van der Waals surface area (Å²) in [4.78, 5) is 34.6. The molecule has 1 atom stereocenters. The third-order valence-electron chi connectivity index (χ3n) is 6.88. The Bertz CT molecular complexity index is 1620. The van der Waals surface area contributed by atoms with Crippen LogP contribution in [0.25, 0.3) is 6.08 Å². The molecule has 0 bridgehead atoms. The highest BCUT2D eigenvalue weighted by Crippen LogP contribution is 2.37. The first-order valence-corrected chi connectivity index (χ1v) is 14.0. The fourth-order valence-electron chi connectivity index (χ4n) is 4.88. The fraction of sp³-hybridized carbons (Fsp3) is 0.367. The van der Waals surface area contributed by atoms with Gasteiger partial charge >= 0.3 is 5.97 Å². The van der Waals surface area contributed by atoms with Gasteiger partial charge in [-0.05, 0) is 58.0 Å². The van der Waals surface area contributed by atoms with E-state index in [4.69, 9.17) is 18.9 Å². The van der Waals surface area contributed by atoms with E-state index in [9.17, 15) is 9.59 Å². The van der Waals surface area contributed by atoms with E-state index >= 15 is 0 Å². The van der Waals surface area contributed by atoms with Crippen molar-refractivity contribution in [3.63, 3.8) is 0 Å². The second-order valence-electron chi connectivity index (χ2n) is 9.01. The highest BCUT2D eigenvalue weighted by Gasteiger charge is 2.35. The first-order valence-electron chi connectivity index (χ1n) is 13.2. The maximum atomic E-state index is 14.0. The van der Waals surface area contributed by atoms with Crippen molar-refractivity contribution < 1.29 is 23.7 Å². The highest BCUT2D eigenvalue weighted by molar-refractivity contribution is 7.07. The molecule has 2 heterocycles. The molecular weight excluding hydrogens is 530 g/mol. The van der Waals surface area contributed by atoms with Crippen molar-refractivity contribution in [3.8, 4) is 17.2 Å². The molecule has 0 fully saturated rings. The van der Waals surface area contributed by atoms with E-state index < -0.39 is 12.0 Å². The first kappa shape index (κ1) is 28.9. The molecule has 1 aliphatic heterocycles. The Balaban J connectivity index is 1.95. The van der Waals surface area contributed by atoms with Crippen molar-refractivity contribution in [3.05, 3.63) is 78.5 Å². The van der Waals surface area contributed by atoms with Crippen LogP contribution in [-0.2, 0) is 9.53 Å². The summed E-state index contributed by atoms with van der Waals surface area (Å²) in [6.07, 6.45) is 1.81. The molecule has 4 rings (SSSR count). The number of carbonyl (C=O) groups is 1. The van der Waals surface area contributed by atoms with Crippen LogP contribution in [0.3, 0.4) is 0 Å². The van der Waals surface area contributed by atoms with Crippen LogP contribution in [0.1, 0.15) is 44.9 Å². The van der Waals surface area contributed by atoms with E-state index in [0.29, 0.717) is 37.8 Å². The van der Waals surface area contributed by atoms with Crippen LogP contribution >= 0.6 is 11.3 Å². The van der Waals surface area contributed by atoms with Gasteiger partial charge in [0.15, 0.2) is 4.80 Å². The molecule has 0 spiro atoms. The lowest BCUT2D eigenvalue weighted by atomic mass is 9.95. The standard InChI is InChI=1S/C30H35N3O6S/c1-8-32(9-2)20-12-11-19(23(16-20)37-6)15-25-28(34)33-27(22-14-13-21(36-5)17-24(22)38-7)26(29(35)39-10-3)18(4)31-30(33)40-25/h11-17,27H,8-10H2,1-7H3/b25-15-/t27-/m0/s1. The average molecular weight is 566 g/mol. The average Bonchev–Trinajstić information content (AvgIpc) is 3.27. The van der Waals surface area contributed by atoms with Crippen LogP contribution in [0.5, 0.6) is 17.2 Å². The minimum absolute atomic E-state index is 0.190. The number of ether oxygens (including phenoxy) is 4. The molecule has 3 aromatic rings. The lowest BCUT2D eigenvalue weighted by Gasteiger charge is -2.26.